The van der Waals surface area contributed by atoms with Gasteiger partial charge in [-0.3, -0.25) is 24.2 Å². The van der Waals surface area contributed by atoms with Crippen molar-refractivity contribution in [3.05, 3.63) is 53.3 Å². The number of likely N-dealkylation sites (tertiary alicyclic amines) is 1. The highest BCUT2D eigenvalue weighted by molar-refractivity contribution is 6.15. The molecule has 1 spiro atoms. The summed E-state index contributed by atoms with van der Waals surface area (Å²) in [5, 5.41) is 2.86. The molecule has 0 saturated carbocycles. The van der Waals surface area contributed by atoms with Crippen LogP contribution >= 0.6 is 0 Å². The van der Waals surface area contributed by atoms with Gasteiger partial charge < -0.3 is 14.8 Å². The molecule has 35 heavy (non-hydrogen) atoms. The largest absolute Gasteiger partial charge is 0.493 e. The second kappa shape index (κ2) is 7.78. The zero-order valence-corrected chi connectivity index (χ0v) is 19.5. The van der Waals surface area contributed by atoms with Crippen LogP contribution in [0.5, 0.6) is 11.5 Å². The fraction of sp³-hybridized carbons (Fsp3) is 0.423. The number of nitrogens with one attached hydrogen (secondary N) is 1. The van der Waals surface area contributed by atoms with Crippen molar-refractivity contribution in [2.45, 2.75) is 30.8 Å². The monoisotopic (exact) mass is 479 g/mol. The lowest BCUT2D eigenvalue weighted by molar-refractivity contribution is -0.145. The van der Waals surface area contributed by atoms with Crippen molar-refractivity contribution in [1.82, 2.24) is 9.80 Å². The third-order valence-electron chi connectivity index (χ3n) is 8.12. The zero-order chi connectivity index (χ0) is 24.5. The highest BCUT2D eigenvalue weighted by Gasteiger charge is 2.74. The van der Waals surface area contributed by atoms with E-state index in [0.717, 1.165) is 18.4 Å². The van der Waals surface area contributed by atoms with E-state index in [9.17, 15) is 18.8 Å². The predicted molar refractivity (Wildman–Crippen MR) is 123 cm³/mol. The number of rotatable bonds is 5. The number of anilines is 1. The average Bonchev–Trinajstić information content (AvgIpc) is 3.56. The third kappa shape index (κ3) is 2.84. The Morgan fingerprint density at radius 3 is 2.63 bits per heavy atom. The summed E-state index contributed by atoms with van der Waals surface area (Å²) in [6, 6.07) is 9.44. The topological polar surface area (TPSA) is 88.2 Å². The van der Waals surface area contributed by atoms with E-state index < -0.39 is 23.2 Å². The number of ether oxygens (including phenoxy) is 2. The van der Waals surface area contributed by atoms with E-state index in [1.165, 1.54) is 23.1 Å². The molecule has 0 unspecified atom stereocenters. The lowest BCUT2D eigenvalue weighted by atomic mass is 9.75. The molecule has 4 atom stereocenters. The first-order valence-electron chi connectivity index (χ1n) is 11.9. The molecule has 0 bridgehead atoms. The molecule has 4 aliphatic rings. The second-order valence-corrected chi connectivity index (χ2v) is 9.58. The molecule has 0 radical (unpaired) electrons. The van der Waals surface area contributed by atoms with E-state index in [2.05, 4.69) is 5.32 Å². The highest BCUT2D eigenvalue weighted by Crippen LogP contribution is 2.60. The quantitative estimate of drug-likeness (QED) is 0.663. The molecule has 6 rings (SSSR count). The number of carbonyl (C=O) groups excluding carboxylic acids is 3. The second-order valence-electron chi connectivity index (χ2n) is 9.58. The highest BCUT2D eigenvalue weighted by atomic mass is 19.1. The van der Waals surface area contributed by atoms with Gasteiger partial charge in [-0.2, -0.15) is 0 Å². The van der Waals surface area contributed by atoms with E-state index in [4.69, 9.17) is 9.47 Å². The van der Waals surface area contributed by atoms with Crippen LogP contribution in [-0.2, 0) is 26.3 Å². The molecule has 3 amide bonds. The Labute approximate surface area is 202 Å². The SMILES string of the molecule is COc1ccc(CCN2C(=O)[C@H]3[C@@H](C2=O)[C@]2(C(=O)Nc4ccc(F)cc42)N2CCC[C@@H]32)cc1OC. The van der Waals surface area contributed by atoms with Gasteiger partial charge in [0.15, 0.2) is 11.5 Å². The molecular weight excluding hydrogens is 453 g/mol. The van der Waals surface area contributed by atoms with Gasteiger partial charge in [0.05, 0.1) is 26.1 Å². The van der Waals surface area contributed by atoms with Crippen molar-refractivity contribution >= 4 is 23.4 Å². The van der Waals surface area contributed by atoms with Crippen LogP contribution in [0.2, 0.25) is 0 Å². The molecule has 2 aromatic rings. The van der Waals surface area contributed by atoms with Gasteiger partial charge in [0.25, 0.3) is 0 Å². The maximum Gasteiger partial charge on any atom is 0.250 e. The number of fused-ring (bicyclic) bond motifs is 7. The van der Waals surface area contributed by atoms with Crippen molar-refractivity contribution in [3.8, 4) is 11.5 Å². The van der Waals surface area contributed by atoms with Crippen LogP contribution in [0.3, 0.4) is 0 Å². The number of nitrogens with zero attached hydrogens (tertiary/aromatic N) is 2. The Hall–Kier alpha value is -3.46. The van der Waals surface area contributed by atoms with E-state index in [1.807, 2.05) is 17.0 Å². The van der Waals surface area contributed by atoms with Gasteiger partial charge in [0, 0.05) is 23.8 Å². The molecular formula is C26H26FN3O5. The standard InChI is InChI=1S/C26H26FN3O5/c1-34-19-8-5-14(12-20(19)35-2)9-11-29-23(31)21-18-4-3-10-30(18)26(22(21)24(29)32)16-13-15(27)6-7-17(16)28-25(26)33/h5-8,12-13,18,21-22H,3-4,9-11H2,1-2H3,(H,28,33)/t18-,21+,22-,26+/m0/s1. The molecule has 4 aliphatic heterocycles. The minimum Gasteiger partial charge on any atom is -0.493 e. The van der Waals surface area contributed by atoms with E-state index in [0.29, 0.717) is 35.7 Å². The van der Waals surface area contributed by atoms with E-state index >= 15 is 0 Å². The van der Waals surface area contributed by atoms with Crippen LogP contribution in [0.1, 0.15) is 24.0 Å². The lowest BCUT2D eigenvalue weighted by Gasteiger charge is -2.36. The molecule has 9 heteroatoms. The molecule has 2 aromatic carbocycles. The van der Waals surface area contributed by atoms with Gasteiger partial charge in [-0.15, -0.1) is 0 Å². The average molecular weight is 480 g/mol. The van der Waals surface area contributed by atoms with Crippen LogP contribution < -0.4 is 14.8 Å². The predicted octanol–water partition coefficient (Wildman–Crippen LogP) is 2.31. The number of hydrogen-bond donors (Lipinski definition) is 1. The first-order chi connectivity index (χ1) is 16.9. The molecule has 8 nitrogen and oxygen atoms in total. The summed E-state index contributed by atoms with van der Waals surface area (Å²) >= 11 is 0. The van der Waals surface area contributed by atoms with Crippen LogP contribution in [0, 0.1) is 17.7 Å². The van der Waals surface area contributed by atoms with Gasteiger partial charge in [0.2, 0.25) is 17.7 Å². The number of amides is 3. The summed E-state index contributed by atoms with van der Waals surface area (Å²) in [4.78, 5) is 44.3. The lowest BCUT2D eigenvalue weighted by Crippen LogP contribution is -2.54. The fourth-order valence-corrected chi connectivity index (χ4v) is 6.73. The Kier molecular flexibility index (Phi) is 4.90. The van der Waals surface area contributed by atoms with Crippen LogP contribution in [0.4, 0.5) is 10.1 Å². The van der Waals surface area contributed by atoms with Crippen molar-refractivity contribution in [2.75, 3.05) is 32.6 Å². The number of benzene rings is 2. The number of imide groups is 1. The zero-order valence-electron chi connectivity index (χ0n) is 19.5. The van der Waals surface area contributed by atoms with Gasteiger partial charge in [0.1, 0.15) is 11.4 Å². The number of hydrogen-bond acceptors (Lipinski definition) is 6. The molecule has 3 saturated heterocycles. The first-order valence-corrected chi connectivity index (χ1v) is 11.9. The summed E-state index contributed by atoms with van der Waals surface area (Å²) < 4.78 is 25.0. The molecule has 182 valence electrons. The maximum atomic E-state index is 14.3. The molecule has 1 N–H and O–H groups in total. The third-order valence-corrected chi connectivity index (χ3v) is 8.12. The Morgan fingerprint density at radius 1 is 1.06 bits per heavy atom. The molecule has 4 heterocycles. The first kappa shape index (κ1) is 22.0. The van der Waals surface area contributed by atoms with Crippen molar-refractivity contribution < 1.29 is 28.2 Å². The summed E-state index contributed by atoms with van der Waals surface area (Å²) in [5.74, 6) is -1.73. The van der Waals surface area contributed by atoms with Crippen molar-refractivity contribution in [3.63, 3.8) is 0 Å². The molecule has 0 aromatic heterocycles. The Morgan fingerprint density at radius 2 is 1.86 bits per heavy atom. The van der Waals surface area contributed by atoms with Crippen LogP contribution in [0.15, 0.2) is 36.4 Å². The van der Waals surface area contributed by atoms with E-state index in [-0.39, 0.29) is 30.3 Å². The summed E-state index contributed by atoms with van der Waals surface area (Å²) in [6.07, 6.45) is 1.99. The van der Waals surface area contributed by atoms with Gasteiger partial charge in [-0.1, -0.05) is 6.07 Å². The normalized spacial score (nSPS) is 28.9. The number of halogens is 1. The van der Waals surface area contributed by atoms with Crippen molar-refractivity contribution in [1.29, 1.82) is 0 Å². The van der Waals surface area contributed by atoms with E-state index in [1.54, 1.807) is 20.3 Å². The summed E-state index contributed by atoms with van der Waals surface area (Å²) in [7, 11) is 3.11. The van der Waals surface area contributed by atoms with Gasteiger partial charge in [-0.25, -0.2) is 4.39 Å². The van der Waals surface area contributed by atoms with Crippen molar-refractivity contribution in [2.24, 2.45) is 11.8 Å². The fourth-order valence-electron chi connectivity index (χ4n) is 6.73. The smallest absolute Gasteiger partial charge is 0.250 e. The minimum atomic E-state index is -1.35. The van der Waals surface area contributed by atoms with Gasteiger partial charge >= 0.3 is 0 Å². The Bertz CT molecular complexity index is 1270. The number of methoxy groups -OCH3 is 2. The number of carbonyl (C=O) groups is 3. The van der Waals surface area contributed by atoms with Crippen LogP contribution in [-0.4, -0.2) is 60.9 Å². The summed E-state index contributed by atoms with van der Waals surface area (Å²) in [6.45, 7) is 0.786. The summed E-state index contributed by atoms with van der Waals surface area (Å²) in [5.41, 5.74) is 0.508. The molecule has 3 fully saturated rings. The maximum absolute atomic E-state index is 14.3. The minimum absolute atomic E-state index is 0.195. The van der Waals surface area contributed by atoms with Gasteiger partial charge in [-0.05, 0) is 61.7 Å². The Balaban J connectivity index is 1.35. The molecule has 0 aliphatic carbocycles. The van der Waals surface area contributed by atoms with Crippen LogP contribution in [0.25, 0.3) is 0 Å².